The summed E-state index contributed by atoms with van der Waals surface area (Å²) in [5.74, 6) is 0.914. The van der Waals surface area contributed by atoms with Crippen molar-refractivity contribution in [2.45, 2.75) is 39.0 Å². The molecule has 1 N–H and O–H groups in total. The van der Waals surface area contributed by atoms with Crippen molar-refractivity contribution in [3.63, 3.8) is 0 Å². The number of aromatic hydroxyl groups is 1. The molecular formula is C13H18N2O3S. The second-order valence-electron chi connectivity index (χ2n) is 5.44. The van der Waals surface area contributed by atoms with Gasteiger partial charge in [0.25, 0.3) is 0 Å². The van der Waals surface area contributed by atoms with Gasteiger partial charge in [-0.15, -0.1) is 0 Å². The normalized spacial score (nSPS) is 12.1. The third-order valence-corrected chi connectivity index (χ3v) is 4.01. The van der Waals surface area contributed by atoms with Crippen molar-refractivity contribution in [1.82, 2.24) is 9.53 Å². The molecule has 0 fully saturated rings. The van der Waals surface area contributed by atoms with E-state index in [9.17, 15) is 5.11 Å². The Morgan fingerprint density at radius 3 is 2.74 bits per heavy atom. The summed E-state index contributed by atoms with van der Waals surface area (Å²) in [7, 11) is 0. The van der Waals surface area contributed by atoms with Crippen LogP contribution >= 0.6 is 11.5 Å². The molecule has 0 saturated carbocycles. The molecule has 5 nitrogen and oxygen atoms in total. The van der Waals surface area contributed by atoms with Crippen LogP contribution in [-0.2, 0) is 5.41 Å². The summed E-state index contributed by atoms with van der Waals surface area (Å²) in [4.78, 5) is 1.20. The van der Waals surface area contributed by atoms with E-state index in [4.69, 9.17) is 4.74 Å². The van der Waals surface area contributed by atoms with Crippen molar-refractivity contribution in [1.29, 1.82) is 0 Å². The van der Waals surface area contributed by atoms with E-state index in [1.54, 1.807) is 0 Å². The molecule has 0 aliphatic rings. The smallest absolute Gasteiger partial charge is 0.312 e. The Morgan fingerprint density at radius 1 is 1.47 bits per heavy atom. The van der Waals surface area contributed by atoms with Crippen molar-refractivity contribution in [3.05, 3.63) is 22.7 Å². The van der Waals surface area contributed by atoms with Crippen LogP contribution in [-0.4, -0.2) is 21.2 Å². The molecular weight excluding hydrogens is 264 g/mol. The highest BCUT2D eigenvalue weighted by Crippen LogP contribution is 2.32. The van der Waals surface area contributed by atoms with Crippen LogP contribution in [0.15, 0.2) is 16.8 Å². The van der Waals surface area contributed by atoms with E-state index in [2.05, 4.69) is 27.9 Å². The molecule has 2 heterocycles. The Hall–Kier alpha value is -1.56. The summed E-state index contributed by atoms with van der Waals surface area (Å²) in [6, 6.07) is 1.96. The van der Waals surface area contributed by atoms with Crippen LogP contribution in [0, 0.1) is 0 Å². The number of hydrogen-bond acceptors (Lipinski definition) is 6. The molecule has 0 spiro atoms. The zero-order valence-corrected chi connectivity index (χ0v) is 12.3. The molecule has 0 atom stereocenters. The van der Waals surface area contributed by atoms with E-state index in [0.717, 1.165) is 0 Å². The second-order valence-corrected chi connectivity index (χ2v) is 6.28. The molecule has 0 bridgehead atoms. The Balaban J connectivity index is 2.03. The van der Waals surface area contributed by atoms with E-state index in [-0.39, 0.29) is 5.95 Å². The van der Waals surface area contributed by atoms with Gasteiger partial charge >= 0.3 is 5.95 Å². The molecule has 0 unspecified atom stereocenters. The minimum atomic E-state index is -0.397. The van der Waals surface area contributed by atoms with Crippen molar-refractivity contribution in [2.24, 2.45) is 0 Å². The lowest BCUT2D eigenvalue weighted by molar-refractivity contribution is 0.221. The van der Waals surface area contributed by atoms with Gasteiger partial charge in [-0.1, -0.05) is 32.9 Å². The van der Waals surface area contributed by atoms with Crippen LogP contribution in [0.25, 0.3) is 0 Å². The van der Waals surface area contributed by atoms with Crippen LogP contribution in [0.1, 0.15) is 44.1 Å². The predicted molar refractivity (Wildman–Crippen MR) is 72.9 cm³/mol. The zero-order valence-electron chi connectivity index (χ0n) is 11.5. The Morgan fingerprint density at radius 2 is 2.21 bits per heavy atom. The lowest BCUT2D eigenvalue weighted by atomic mass is 9.88. The number of ether oxygens (including phenoxy) is 1. The number of aromatic nitrogens is 2. The van der Waals surface area contributed by atoms with Gasteiger partial charge in [0, 0.05) is 16.4 Å². The monoisotopic (exact) mass is 282 g/mol. The standard InChI is InChI=1S/C13H18N2O3S/c1-8(2)10-5-11(15-19-10)17-7-13(3,4)9-6-14-18-12(9)16/h5-6,8,16H,7H2,1-4H3. The maximum absolute atomic E-state index is 9.56. The van der Waals surface area contributed by atoms with Crippen LogP contribution in [0.3, 0.4) is 0 Å². The zero-order chi connectivity index (χ0) is 14.0. The van der Waals surface area contributed by atoms with E-state index in [1.807, 2.05) is 19.9 Å². The SMILES string of the molecule is CC(C)c1cc(OCC(C)(C)c2cnoc2O)ns1. The first-order chi connectivity index (χ1) is 8.90. The number of rotatable bonds is 5. The van der Waals surface area contributed by atoms with Gasteiger partial charge in [0.2, 0.25) is 5.88 Å². The first kappa shape index (κ1) is 13.9. The summed E-state index contributed by atoms with van der Waals surface area (Å²) < 4.78 is 14.6. The average Bonchev–Trinajstić information content (AvgIpc) is 2.95. The molecule has 19 heavy (non-hydrogen) atoms. The molecule has 2 rings (SSSR count). The third kappa shape index (κ3) is 3.07. The van der Waals surface area contributed by atoms with Crippen molar-refractivity contribution >= 4 is 11.5 Å². The maximum atomic E-state index is 9.56. The summed E-state index contributed by atoms with van der Waals surface area (Å²) in [6.45, 7) is 8.54. The molecule has 0 aliphatic carbocycles. The highest BCUT2D eigenvalue weighted by Gasteiger charge is 2.28. The molecule has 2 aromatic rings. The van der Waals surface area contributed by atoms with Gasteiger partial charge in [-0.25, -0.2) is 0 Å². The fourth-order valence-electron chi connectivity index (χ4n) is 1.64. The quantitative estimate of drug-likeness (QED) is 0.911. The van der Waals surface area contributed by atoms with Gasteiger partial charge in [-0.2, -0.15) is 4.37 Å². The van der Waals surface area contributed by atoms with Crippen LogP contribution < -0.4 is 4.74 Å². The largest absolute Gasteiger partial charge is 0.479 e. The van der Waals surface area contributed by atoms with Gasteiger partial charge in [0.15, 0.2) is 0 Å². The van der Waals surface area contributed by atoms with Crippen molar-refractivity contribution < 1.29 is 14.4 Å². The summed E-state index contributed by atoms with van der Waals surface area (Å²) in [5, 5.41) is 13.1. The summed E-state index contributed by atoms with van der Waals surface area (Å²) >= 11 is 1.45. The Bertz CT molecular complexity index is 546. The number of nitrogens with zero attached hydrogens (tertiary/aromatic N) is 2. The highest BCUT2D eigenvalue weighted by molar-refractivity contribution is 7.06. The van der Waals surface area contributed by atoms with E-state index in [0.29, 0.717) is 24.0 Å². The van der Waals surface area contributed by atoms with E-state index in [1.165, 1.54) is 22.6 Å². The summed E-state index contributed by atoms with van der Waals surface area (Å²) in [6.07, 6.45) is 1.51. The predicted octanol–water partition coefficient (Wildman–Crippen LogP) is 3.32. The Labute approximate surface area is 116 Å². The van der Waals surface area contributed by atoms with Gasteiger partial charge in [0.05, 0.1) is 18.4 Å². The minimum absolute atomic E-state index is 0.158. The van der Waals surface area contributed by atoms with E-state index >= 15 is 0 Å². The van der Waals surface area contributed by atoms with Gasteiger partial charge in [-0.05, 0) is 17.5 Å². The maximum Gasteiger partial charge on any atom is 0.312 e. The highest BCUT2D eigenvalue weighted by atomic mass is 32.1. The molecule has 0 radical (unpaired) electrons. The third-order valence-electron chi connectivity index (χ3n) is 2.94. The summed E-state index contributed by atoms with van der Waals surface area (Å²) in [5.41, 5.74) is 0.234. The average molecular weight is 282 g/mol. The molecule has 0 amide bonds. The topological polar surface area (TPSA) is 68.4 Å². The lowest BCUT2D eigenvalue weighted by Crippen LogP contribution is -2.25. The van der Waals surface area contributed by atoms with Crippen LogP contribution in [0.4, 0.5) is 0 Å². The second kappa shape index (κ2) is 5.21. The molecule has 0 aromatic carbocycles. The number of hydrogen-bond donors (Lipinski definition) is 1. The first-order valence-corrected chi connectivity index (χ1v) is 6.91. The van der Waals surface area contributed by atoms with Gasteiger partial charge in [0.1, 0.15) is 0 Å². The molecule has 6 heteroatoms. The molecule has 0 saturated heterocycles. The van der Waals surface area contributed by atoms with Gasteiger partial charge in [-0.3, -0.25) is 0 Å². The van der Waals surface area contributed by atoms with Crippen molar-refractivity contribution in [2.75, 3.05) is 6.61 Å². The minimum Gasteiger partial charge on any atom is -0.479 e. The first-order valence-electron chi connectivity index (χ1n) is 6.13. The fourth-order valence-corrected chi connectivity index (χ4v) is 2.31. The van der Waals surface area contributed by atoms with Crippen LogP contribution in [0.2, 0.25) is 0 Å². The molecule has 0 aliphatic heterocycles. The van der Waals surface area contributed by atoms with Crippen LogP contribution in [0.5, 0.6) is 11.8 Å². The Kier molecular flexibility index (Phi) is 3.80. The fraction of sp³-hybridized carbons (Fsp3) is 0.538. The lowest BCUT2D eigenvalue weighted by Gasteiger charge is -2.22. The van der Waals surface area contributed by atoms with Crippen molar-refractivity contribution in [3.8, 4) is 11.8 Å². The molecule has 104 valence electrons. The van der Waals surface area contributed by atoms with Gasteiger partial charge < -0.3 is 14.4 Å². The molecule has 2 aromatic heterocycles. The van der Waals surface area contributed by atoms with E-state index < -0.39 is 5.41 Å².